The molecule has 0 atom stereocenters. The maximum Gasteiger partial charge on any atom is 0.261 e. The summed E-state index contributed by atoms with van der Waals surface area (Å²) in [5, 5.41) is 0. The number of nitrogens with zero attached hydrogens (tertiary/aromatic N) is 1. The van der Waals surface area contributed by atoms with Gasteiger partial charge in [-0.05, 0) is 44.0 Å². The molecule has 1 fully saturated rings. The van der Waals surface area contributed by atoms with E-state index in [0.717, 1.165) is 32.8 Å². The molecule has 0 saturated carbocycles. The van der Waals surface area contributed by atoms with Gasteiger partial charge in [-0.2, -0.15) is 0 Å². The van der Waals surface area contributed by atoms with Crippen LogP contribution >= 0.6 is 42.5 Å². The predicted molar refractivity (Wildman–Crippen MR) is 87.6 cm³/mol. The van der Waals surface area contributed by atoms with Crippen LogP contribution in [0.2, 0.25) is 0 Å². The van der Waals surface area contributed by atoms with Crippen LogP contribution in [-0.4, -0.2) is 52.8 Å². The van der Waals surface area contributed by atoms with Gasteiger partial charge in [-0.3, -0.25) is 4.90 Å². The molecule has 0 aromatic heterocycles. The highest BCUT2D eigenvalue weighted by Crippen LogP contribution is 2.36. The van der Waals surface area contributed by atoms with E-state index in [9.17, 15) is 8.42 Å². The molecule has 0 amide bonds. The molecule has 0 spiro atoms. The lowest BCUT2D eigenvalue weighted by Crippen LogP contribution is -2.38. The minimum Gasteiger partial charge on any atom is -0.490 e. The molecular weight excluding hydrogens is 449 g/mol. The van der Waals surface area contributed by atoms with Crippen LogP contribution in [0.15, 0.2) is 26.0 Å². The van der Waals surface area contributed by atoms with Crippen molar-refractivity contribution in [3.63, 3.8) is 0 Å². The lowest BCUT2D eigenvalue weighted by Gasteiger charge is -2.26. The van der Waals surface area contributed by atoms with Gasteiger partial charge < -0.3 is 9.47 Å². The second-order valence-electron chi connectivity index (χ2n) is 4.46. The Morgan fingerprint density at radius 3 is 2.33 bits per heavy atom. The van der Waals surface area contributed by atoms with E-state index in [4.69, 9.17) is 20.2 Å². The largest absolute Gasteiger partial charge is 0.490 e. The summed E-state index contributed by atoms with van der Waals surface area (Å²) in [4.78, 5) is 2.27. The zero-order valence-corrected chi connectivity index (χ0v) is 15.8. The molecule has 1 heterocycles. The molecular formula is C12H14Br2ClNO4S. The van der Waals surface area contributed by atoms with E-state index >= 15 is 0 Å². The standard InChI is InChI=1S/C12H14Br2ClNO4S/c13-10-7-9(21(15,17)18)8-11(14)12(10)20-6-3-16-1-4-19-5-2-16/h7-8H,1-6H2. The van der Waals surface area contributed by atoms with Gasteiger partial charge in [0, 0.05) is 30.3 Å². The van der Waals surface area contributed by atoms with Crippen LogP contribution in [0.25, 0.3) is 0 Å². The maximum absolute atomic E-state index is 11.3. The Bertz CT molecular complexity index is 582. The van der Waals surface area contributed by atoms with Crippen molar-refractivity contribution in [2.75, 3.05) is 39.5 Å². The smallest absolute Gasteiger partial charge is 0.261 e. The minimum absolute atomic E-state index is 0.0171. The van der Waals surface area contributed by atoms with Crippen LogP contribution in [0.1, 0.15) is 0 Å². The summed E-state index contributed by atoms with van der Waals surface area (Å²) in [6.07, 6.45) is 0. The molecule has 21 heavy (non-hydrogen) atoms. The summed E-state index contributed by atoms with van der Waals surface area (Å²) in [6.45, 7) is 4.58. The van der Waals surface area contributed by atoms with E-state index < -0.39 is 9.05 Å². The molecule has 0 unspecified atom stereocenters. The average molecular weight is 464 g/mol. The SMILES string of the molecule is O=S(=O)(Cl)c1cc(Br)c(OCCN2CCOCC2)c(Br)c1. The van der Waals surface area contributed by atoms with E-state index in [2.05, 4.69) is 36.8 Å². The monoisotopic (exact) mass is 461 g/mol. The van der Waals surface area contributed by atoms with Gasteiger partial charge in [-0.1, -0.05) is 0 Å². The molecule has 0 N–H and O–H groups in total. The molecule has 1 aromatic rings. The number of halogens is 3. The van der Waals surface area contributed by atoms with E-state index in [0.29, 0.717) is 21.3 Å². The van der Waals surface area contributed by atoms with E-state index in [1.807, 2.05) is 0 Å². The second-order valence-corrected chi connectivity index (χ2v) is 8.73. The van der Waals surface area contributed by atoms with E-state index in [1.54, 1.807) is 0 Å². The lowest BCUT2D eigenvalue weighted by molar-refractivity contribution is 0.0321. The molecule has 1 aromatic carbocycles. The third-order valence-corrected chi connectivity index (χ3v) is 5.52. The van der Waals surface area contributed by atoms with Crippen LogP contribution < -0.4 is 4.74 Å². The quantitative estimate of drug-likeness (QED) is 0.629. The Kier molecular flexibility index (Phi) is 6.34. The second kappa shape index (κ2) is 7.61. The Morgan fingerprint density at radius 1 is 1.24 bits per heavy atom. The van der Waals surface area contributed by atoms with Crippen LogP contribution in [0.4, 0.5) is 0 Å². The van der Waals surface area contributed by atoms with Gasteiger partial charge in [-0.25, -0.2) is 8.42 Å². The number of morpholine rings is 1. The molecule has 1 saturated heterocycles. The Hall–Kier alpha value is 0.140. The minimum atomic E-state index is -3.77. The average Bonchev–Trinajstić information content (AvgIpc) is 2.42. The van der Waals surface area contributed by atoms with Crippen molar-refractivity contribution in [2.45, 2.75) is 4.90 Å². The zero-order valence-electron chi connectivity index (χ0n) is 11.0. The van der Waals surface area contributed by atoms with Crippen molar-refractivity contribution in [3.8, 4) is 5.75 Å². The first kappa shape index (κ1) is 17.5. The lowest BCUT2D eigenvalue weighted by atomic mass is 10.3. The van der Waals surface area contributed by atoms with Crippen LogP contribution in [0, 0.1) is 0 Å². The normalized spacial score (nSPS) is 16.9. The first-order valence-corrected chi connectivity index (χ1v) is 10.1. The molecule has 0 aliphatic carbocycles. The Labute approximate surface area is 145 Å². The third kappa shape index (κ3) is 5.07. The Morgan fingerprint density at radius 2 is 1.81 bits per heavy atom. The summed E-state index contributed by atoms with van der Waals surface area (Å²) in [5.41, 5.74) is 0. The van der Waals surface area contributed by atoms with Gasteiger partial charge in [0.25, 0.3) is 9.05 Å². The van der Waals surface area contributed by atoms with Gasteiger partial charge in [0.05, 0.1) is 27.1 Å². The van der Waals surface area contributed by atoms with Crippen LogP contribution in [0.3, 0.4) is 0 Å². The van der Waals surface area contributed by atoms with Gasteiger partial charge in [0.1, 0.15) is 12.4 Å². The van der Waals surface area contributed by atoms with Gasteiger partial charge in [0.2, 0.25) is 0 Å². The summed E-state index contributed by atoms with van der Waals surface area (Å²) in [6, 6.07) is 2.86. The summed E-state index contributed by atoms with van der Waals surface area (Å²) < 4.78 is 34.8. The van der Waals surface area contributed by atoms with Crippen LogP contribution in [0.5, 0.6) is 5.75 Å². The number of benzene rings is 1. The first-order chi connectivity index (χ1) is 9.88. The fourth-order valence-electron chi connectivity index (χ4n) is 1.92. The summed E-state index contributed by atoms with van der Waals surface area (Å²) in [5.74, 6) is 0.562. The molecule has 9 heteroatoms. The maximum atomic E-state index is 11.3. The van der Waals surface area contributed by atoms with Crippen molar-refractivity contribution in [1.29, 1.82) is 0 Å². The van der Waals surface area contributed by atoms with Crippen molar-refractivity contribution < 1.29 is 17.9 Å². The van der Waals surface area contributed by atoms with E-state index in [1.165, 1.54) is 12.1 Å². The van der Waals surface area contributed by atoms with Gasteiger partial charge in [0.15, 0.2) is 0 Å². The van der Waals surface area contributed by atoms with Crippen molar-refractivity contribution >= 4 is 51.6 Å². The fourth-order valence-corrected chi connectivity index (χ4v) is 4.42. The number of hydrogen-bond donors (Lipinski definition) is 0. The highest BCUT2D eigenvalue weighted by Gasteiger charge is 2.17. The van der Waals surface area contributed by atoms with Crippen molar-refractivity contribution in [2.24, 2.45) is 0 Å². The molecule has 118 valence electrons. The highest BCUT2D eigenvalue weighted by molar-refractivity contribution is 9.11. The predicted octanol–water partition coefficient (Wildman–Crippen LogP) is 2.85. The molecule has 1 aliphatic heterocycles. The fraction of sp³-hybridized carbons (Fsp3) is 0.500. The number of ether oxygens (including phenoxy) is 2. The third-order valence-electron chi connectivity index (χ3n) is 3.01. The molecule has 0 bridgehead atoms. The van der Waals surface area contributed by atoms with E-state index in [-0.39, 0.29) is 4.90 Å². The van der Waals surface area contributed by atoms with Crippen molar-refractivity contribution in [3.05, 3.63) is 21.1 Å². The Balaban J connectivity index is 2.00. The van der Waals surface area contributed by atoms with Gasteiger partial charge >= 0.3 is 0 Å². The van der Waals surface area contributed by atoms with Crippen molar-refractivity contribution in [1.82, 2.24) is 4.90 Å². The molecule has 5 nitrogen and oxygen atoms in total. The molecule has 0 radical (unpaired) electrons. The topological polar surface area (TPSA) is 55.8 Å². The zero-order chi connectivity index (χ0) is 15.5. The van der Waals surface area contributed by atoms with Crippen LogP contribution in [-0.2, 0) is 13.8 Å². The number of hydrogen-bond acceptors (Lipinski definition) is 5. The van der Waals surface area contributed by atoms with Gasteiger partial charge in [-0.15, -0.1) is 0 Å². The molecule has 1 aliphatic rings. The highest BCUT2D eigenvalue weighted by atomic mass is 79.9. The number of rotatable bonds is 5. The first-order valence-electron chi connectivity index (χ1n) is 6.24. The summed E-state index contributed by atoms with van der Waals surface area (Å²) in [7, 11) is 1.56. The molecule has 2 rings (SSSR count). The summed E-state index contributed by atoms with van der Waals surface area (Å²) >= 11 is 6.61.